The molecule has 5 rings (SSSR count). The topological polar surface area (TPSA) is 222 Å². The number of halogens is 4. The molecule has 18 heteroatoms. The Hall–Kier alpha value is -6.04. The predicted octanol–water partition coefficient (Wildman–Crippen LogP) is 2.16. The molecule has 5 aromatic rings. The van der Waals surface area contributed by atoms with Gasteiger partial charge in [-0.15, -0.1) is 10.2 Å². The Morgan fingerprint density at radius 1 is 0.881 bits per heavy atom. The zero-order valence-corrected chi connectivity index (χ0v) is 21.1. The number of hydrazine groups is 1. The van der Waals surface area contributed by atoms with Crippen LogP contribution in [0.25, 0.3) is 17.2 Å². The summed E-state index contributed by atoms with van der Waals surface area (Å²) >= 11 is 0. The summed E-state index contributed by atoms with van der Waals surface area (Å²) in [6.45, 7) is -0.250. The van der Waals surface area contributed by atoms with Gasteiger partial charge in [0, 0.05) is 24.8 Å². The molecule has 0 aliphatic rings. The zero-order chi connectivity index (χ0) is 30.6. The quantitative estimate of drug-likeness (QED) is 0.0512. The minimum Gasteiger partial charge on any atom is -0.483 e. The van der Waals surface area contributed by atoms with E-state index in [0.717, 1.165) is 12.1 Å². The van der Waals surface area contributed by atoms with Crippen LogP contribution in [0.4, 0.5) is 34.9 Å². The van der Waals surface area contributed by atoms with Gasteiger partial charge in [0.2, 0.25) is 0 Å². The van der Waals surface area contributed by atoms with Crippen molar-refractivity contribution in [2.75, 3.05) is 11.5 Å². The van der Waals surface area contributed by atoms with Crippen molar-refractivity contribution in [3.05, 3.63) is 96.5 Å². The third-order valence-electron chi connectivity index (χ3n) is 4.93. The maximum absolute atomic E-state index is 13.8. The molecule has 0 aliphatic heterocycles. The highest BCUT2D eigenvalue weighted by Gasteiger charge is 2.18. The number of nitrogens with zero attached hydrogens (tertiary/aromatic N) is 8. The summed E-state index contributed by atoms with van der Waals surface area (Å²) in [5.41, 5.74) is 13.7. The third kappa shape index (κ3) is 7.12. The van der Waals surface area contributed by atoms with Crippen molar-refractivity contribution < 1.29 is 27.5 Å². The van der Waals surface area contributed by atoms with Crippen LogP contribution in [0.2, 0.25) is 0 Å². The first-order valence-electron chi connectivity index (χ1n) is 11.3. The first-order chi connectivity index (χ1) is 20.2. The lowest BCUT2D eigenvalue weighted by atomic mass is 10.2. The van der Waals surface area contributed by atoms with Gasteiger partial charge in [0.15, 0.2) is 52.3 Å². The standard InChI is InChI=1S/C12H8F2N6.C11H10F2N6.CH2O2/c13-7-2-1-3-8(9(7)14)20-6-18-19-12(20)10-11(15)17-5-4-16-10;12-6-2-1-3-7(8(6)13)18-11(19-15)9-10(14)17-5-4-16-9;2-1-3/h1-6H,(H2,15,17);1-5H,15H2,(H2,14,17)(H,18,19);1H,(H,2,3). The van der Waals surface area contributed by atoms with Crippen LogP contribution in [0.3, 0.4) is 0 Å². The second-order valence-electron chi connectivity index (χ2n) is 7.46. The molecule has 216 valence electrons. The number of benzene rings is 2. The Labute approximate surface area is 233 Å². The minimum absolute atomic E-state index is 0.0184. The highest BCUT2D eigenvalue weighted by molar-refractivity contribution is 6.01. The fraction of sp³-hybridized carbons (Fsp3) is 0. The monoisotopic (exact) mass is 584 g/mol. The molecule has 0 unspecified atom stereocenters. The lowest BCUT2D eigenvalue weighted by molar-refractivity contribution is -0.122. The van der Waals surface area contributed by atoms with Gasteiger partial charge in [-0.3, -0.25) is 9.36 Å². The molecule has 0 amide bonds. The lowest BCUT2D eigenvalue weighted by Gasteiger charge is -2.08. The van der Waals surface area contributed by atoms with Gasteiger partial charge >= 0.3 is 0 Å². The maximum Gasteiger partial charge on any atom is 0.290 e. The lowest BCUT2D eigenvalue weighted by Crippen LogP contribution is -2.32. The molecule has 0 bridgehead atoms. The van der Waals surface area contributed by atoms with E-state index in [1.807, 2.05) is 0 Å². The Kier molecular flexibility index (Phi) is 10.4. The molecule has 42 heavy (non-hydrogen) atoms. The second kappa shape index (κ2) is 14.4. The fourth-order valence-electron chi connectivity index (χ4n) is 3.16. The van der Waals surface area contributed by atoms with E-state index in [9.17, 15) is 17.6 Å². The minimum atomic E-state index is -1.09. The summed E-state index contributed by atoms with van der Waals surface area (Å²) in [4.78, 5) is 27.8. The fourth-order valence-corrected chi connectivity index (χ4v) is 3.16. The number of carboxylic acid groups (broad SMARTS) is 1. The molecule has 0 radical (unpaired) electrons. The summed E-state index contributed by atoms with van der Waals surface area (Å²) in [7, 11) is 0. The first-order valence-corrected chi connectivity index (χ1v) is 11.3. The highest BCUT2D eigenvalue weighted by atomic mass is 19.2. The third-order valence-corrected chi connectivity index (χ3v) is 4.93. The van der Waals surface area contributed by atoms with E-state index in [1.165, 1.54) is 59.9 Å². The number of hydrogen-bond donors (Lipinski definition) is 5. The predicted molar refractivity (Wildman–Crippen MR) is 142 cm³/mol. The summed E-state index contributed by atoms with van der Waals surface area (Å²) in [6.07, 6.45) is 6.85. The molecule has 0 saturated heterocycles. The maximum atomic E-state index is 13.8. The number of anilines is 2. The second-order valence-corrected chi connectivity index (χ2v) is 7.46. The van der Waals surface area contributed by atoms with Crippen molar-refractivity contribution in [1.29, 1.82) is 0 Å². The molecular weight excluding hydrogens is 564 g/mol. The van der Waals surface area contributed by atoms with Crippen LogP contribution in [-0.2, 0) is 4.79 Å². The number of amidine groups is 1. The molecular formula is C24H20F4N12O2. The van der Waals surface area contributed by atoms with Crippen molar-refractivity contribution in [3.8, 4) is 17.2 Å². The largest absolute Gasteiger partial charge is 0.483 e. The molecule has 3 aromatic heterocycles. The number of nitrogen functional groups attached to an aromatic ring is 2. The van der Waals surface area contributed by atoms with E-state index in [1.54, 1.807) is 0 Å². The summed E-state index contributed by atoms with van der Waals surface area (Å²) < 4.78 is 55.0. The Bertz CT molecular complexity index is 1700. The molecule has 0 atom stereocenters. The van der Waals surface area contributed by atoms with Gasteiger partial charge in [0.1, 0.15) is 17.7 Å². The van der Waals surface area contributed by atoms with Crippen LogP contribution in [0, 0.1) is 23.3 Å². The van der Waals surface area contributed by atoms with E-state index in [-0.39, 0.29) is 52.5 Å². The van der Waals surface area contributed by atoms with E-state index in [4.69, 9.17) is 27.2 Å². The number of rotatable bonds is 4. The smallest absolute Gasteiger partial charge is 0.290 e. The molecule has 3 heterocycles. The number of nitrogens with two attached hydrogens (primary N) is 3. The van der Waals surface area contributed by atoms with Gasteiger partial charge in [-0.1, -0.05) is 12.1 Å². The number of hydrogen-bond acceptors (Lipinski definition) is 11. The van der Waals surface area contributed by atoms with Crippen LogP contribution in [0.15, 0.2) is 72.5 Å². The summed E-state index contributed by atoms with van der Waals surface area (Å²) in [5, 5.41) is 14.4. The first kappa shape index (κ1) is 30.5. The van der Waals surface area contributed by atoms with Gasteiger partial charge in [0.25, 0.3) is 6.47 Å². The molecule has 0 spiro atoms. The molecule has 8 N–H and O–H groups in total. The zero-order valence-electron chi connectivity index (χ0n) is 21.1. The van der Waals surface area contributed by atoms with Crippen LogP contribution in [-0.4, -0.2) is 52.1 Å². The number of nitrogens with one attached hydrogen (secondary N) is 1. The summed E-state index contributed by atoms with van der Waals surface area (Å²) in [6, 6.07) is 7.42. The Morgan fingerprint density at radius 3 is 2.12 bits per heavy atom. The van der Waals surface area contributed by atoms with Gasteiger partial charge in [-0.2, -0.15) is 0 Å². The van der Waals surface area contributed by atoms with Crippen LogP contribution < -0.4 is 22.7 Å². The highest BCUT2D eigenvalue weighted by Crippen LogP contribution is 2.24. The Balaban J connectivity index is 0.000000211. The van der Waals surface area contributed by atoms with Crippen LogP contribution in [0.5, 0.6) is 0 Å². The van der Waals surface area contributed by atoms with Gasteiger partial charge in [0.05, 0.1) is 5.69 Å². The SMILES string of the molecule is NNC(=Nc1cccc(F)c1F)c1nccnc1N.Nc1nccnc1-c1nncn1-c1cccc(F)c1F.O=CO. The number of carbonyl (C=O) groups is 1. The van der Waals surface area contributed by atoms with Crippen LogP contribution in [0.1, 0.15) is 5.69 Å². The molecule has 0 fully saturated rings. The summed E-state index contributed by atoms with van der Waals surface area (Å²) in [5.74, 6) is 1.58. The average Bonchev–Trinajstić information content (AvgIpc) is 3.46. The number of aromatic nitrogens is 7. The number of aliphatic imine (C=N–C) groups is 1. The molecule has 0 aliphatic carbocycles. The van der Waals surface area contributed by atoms with Crippen molar-refractivity contribution in [2.45, 2.75) is 0 Å². The molecule has 14 nitrogen and oxygen atoms in total. The van der Waals surface area contributed by atoms with Crippen LogP contribution >= 0.6 is 0 Å². The van der Waals surface area contributed by atoms with E-state index < -0.39 is 23.3 Å². The molecule has 0 saturated carbocycles. The van der Waals surface area contributed by atoms with Crippen molar-refractivity contribution in [3.63, 3.8) is 0 Å². The van der Waals surface area contributed by atoms with Crippen molar-refractivity contribution in [2.24, 2.45) is 10.8 Å². The van der Waals surface area contributed by atoms with Gasteiger partial charge in [-0.05, 0) is 24.3 Å². The Morgan fingerprint density at radius 2 is 1.48 bits per heavy atom. The van der Waals surface area contributed by atoms with Gasteiger partial charge < -0.3 is 22.0 Å². The molecule has 2 aromatic carbocycles. The average molecular weight is 584 g/mol. The van der Waals surface area contributed by atoms with Crippen molar-refractivity contribution >= 4 is 29.6 Å². The van der Waals surface area contributed by atoms with Gasteiger partial charge in [-0.25, -0.2) is 48.3 Å². The van der Waals surface area contributed by atoms with E-state index in [0.29, 0.717) is 0 Å². The van der Waals surface area contributed by atoms with Crippen molar-refractivity contribution in [1.82, 2.24) is 40.1 Å². The normalized spacial score (nSPS) is 10.5. The van der Waals surface area contributed by atoms with E-state index in [2.05, 4.69) is 40.6 Å². The van der Waals surface area contributed by atoms with E-state index >= 15 is 0 Å².